The average molecular weight is 319 g/mol. The summed E-state index contributed by atoms with van der Waals surface area (Å²) in [6, 6.07) is 14.8. The van der Waals surface area contributed by atoms with Gasteiger partial charge in [0.15, 0.2) is 5.11 Å². The molecule has 0 saturated carbocycles. The van der Waals surface area contributed by atoms with Crippen molar-refractivity contribution >= 4 is 33.4 Å². The number of sulfone groups is 1. The Labute approximate surface area is 128 Å². The van der Waals surface area contributed by atoms with Crippen LogP contribution in [-0.2, 0) is 9.84 Å². The van der Waals surface area contributed by atoms with Crippen LogP contribution in [0.5, 0.6) is 0 Å². The third kappa shape index (κ3) is 3.65. The average Bonchev–Trinajstić information content (AvgIpc) is 2.48. The maximum atomic E-state index is 12.6. The van der Waals surface area contributed by atoms with E-state index in [-0.39, 0.29) is 14.9 Å². The van der Waals surface area contributed by atoms with Gasteiger partial charge in [0, 0.05) is 5.56 Å². The normalized spacial score (nSPS) is 11.4. The van der Waals surface area contributed by atoms with Crippen molar-refractivity contribution in [1.82, 2.24) is 5.43 Å². The lowest BCUT2D eigenvalue weighted by Crippen LogP contribution is -2.24. The largest absolute Gasteiger partial charge is 0.375 e. The summed E-state index contributed by atoms with van der Waals surface area (Å²) in [7, 11) is -3.60. The molecule has 0 unspecified atom stereocenters. The fourth-order valence-electron chi connectivity index (χ4n) is 1.72. The molecule has 7 heteroatoms. The number of hydrazone groups is 1. The van der Waals surface area contributed by atoms with Crippen LogP contribution in [0.25, 0.3) is 0 Å². The second-order valence-corrected chi connectivity index (χ2v) is 6.45. The molecule has 0 heterocycles. The van der Waals surface area contributed by atoms with Crippen LogP contribution in [0, 0.1) is 0 Å². The highest BCUT2D eigenvalue weighted by molar-refractivity contribution is 7.91. The molecule has 21 heavy (non-hydrogen) atoms. The van der Waals surface area contributed by atoms with Gasteiger partial charge >= 0.3 is 0 Å². The monoisotopic (exact) mass is 319 g/mol. The quantitative estimate of drug-likeness (QED) is 0.509. The van der Waals surface area contributed by atoms with Gasteiger partial charge in [-0.25, -0.2) is 8.42 Å². The molecule has 0 bridgehead atoms. The summed E-state index contributed by atoms with van der Waals surface area (Å²) < 4.78 is 25.2. The minimum atomic E-state index is -3.60. The first-order valence-electron chi connectivity index (χ1n) is 5.99. The summed E-state index contributed by atoms with van der Waals surface area (Å²) in [5, 5.41) is 3.81. The van der Waals surface area contributed by atoms with Crippen LogP contribution in [0.3, 0.4) is 0 Å². The van der Waals surface area contributed by atoms with Crippen molar-refractivity contribution in [3.63, 3.8) is 0 Å². The van der Waals surface area contributed by atoms with Crippen molar-refractivity contribution in [3.8, 4) is 0 Å². The van der Waals surface area contributed by atoms with Gasteiger partial charge in [0.25, 0.3) is 0 Å². The van der Waals surface area contributed by atoms with E-state index in [1.165, 1.54) is 12.3 Å². The van der Waals surface area contributed by atoms with Crippen molar-refractivity contribution in [1.29, 1.82) is 0 Å². The van der Waals surface area contributed by atoms with Crippen molar-refractivity contribution in [3.05, 3.63) is 60.2 Å². The molecule has 2 aromatic carbocycles. The fraction of sp³-hybridized carbons (Fsp3) is 0. The molecular weight excluding hydrogens is 306 g/mol. The molecule has 0 fully saturated rings. The number of benzene rings is 2. The topological polar surface area (TPSA) is 84.5 Å². The van der Waals surface area contributed by atoms with E-state index in [1.807, 2.05) is 0 Å². The maximum Gasteiger partial charge on any atom is 0.207 e. The Morgan fingerprint density at radius 1 is 1.10 bits per heavy atom. The lowest BCUT2D eigenvalue weighted by molar-refractivity contribution is 0.596. The van der Waals surface area contributed by atoms with Gasteiger partial charge in [-0.15, -0.1) is 0 Å². The summed E-state index contributed by atoms with van der Waals surface area (Å²) in [5.74, 6) is 0. The van der Waals surface area contributed by atoms with E-state index in [0.29, 0.717) is 5.56 Å². The Balaban J connectivity index is 2.45. The predicted molar refractivity (Wildman–Crippen MR) is 85.9 cm³/mol. The smallest absolute Gasteiger partial charge is 0.207 e. The molecule has 2 aromatic rings. The predicted octanol–water partition coefficient (Wildman–Crippen LogP) is 1.69. The highest BCUT2D eigenvalue weighted by Crippen LogP contribution is 2.22. The standard InChI is InChI=1S/C14H13N3O2S2/c15-14(20)17-16-10-11-6-4-5-9-13(11)21(18,19)12-7-2-1-3-8-12/h1-10H,(H3,15,17,20). The summed E-state index contributed by atoms with van der Waals surface area (Å²) in [6.07, 6.45) is 1.37. The van der Waals surface area contributed by atoms with Gasteiger partial charge < -0.3 is 5.73 Å². The van der Waals surface area contributed by atoms with Crippen LogP contribution in [0.1, 0.15) is 5.56 Å². The van der Waals surface area contributed by atoms with Crippen LogP contribution in [0.4, 0.5) is 0 Å². The molecule has 0 spiro atoms. The number of rotatable bonds is 4. The van der Waals surface area contributed by atoms with Gasteiger partial charge in [-0.2, -0.15) is 5.10 Å². The van der Waals surface area contributed by atoms with Gasteiger partial charge in [-0.1, -0.05) is 36.4 Å². The van der Waals surface area contributed by atoms with Gasteiger partial charge in [0.2, 0.25) is 9.84 Å². The van der Waals surface area contributed by atoms with E-state index in [4.69, 9.17) is 5.73 Å². The second kappa shape index (κ2) is 6.47. The van der Waals surface area contributed by atoms with Crippen molar-refractivity contribution < 1.29 is 8.42 Å². The highest BCUT2D eigenvalue weighted by atomic mass is 32.2. The number of nitrogens with zero attached hydrogens (tertiary/aromatic N) is 1. The van der Waals surface area contributed by atoms with Crippen LogP contribution >= 0.6 is 12.2 Å². The minimum absolute atomic E-state index is 0.00893. The first kappa shape index (κ1) is 15.1. The third-order valence-electron chi connectivity index (χ3n) is 2.64. The Kier molecular flexibility index (Phi) is 4.66. The second-order valence-electron chi connectivity index (χ2n) is 4.09. The summed E-state index contributed by atoms with van der Waals surface area (Å²) >= 11 is 4.63. The Hall–Kier alpha value is -2.25. The van der Waals surface area contributed by atoms with Crippen LogP contribution < -0.4 is 11.2 Å². The van der Waals surface area contributed by atoms with E-state index in [1.54, 1.807) is 48.5 Å². The number of nitrogens with one attached hydrogen (secondary N) is 1. The maximum absolute atomic E-state index is 12.6. The third-order valence-corrected chi connectivity index (χ3v) is 4.58. The number of hydrogen-bond acceptors (Lipinski definition) is 4. The zero-order valence-electron chi connectivity index (χ0n) is 10.9. The lowest BCUT2D eigenvalue weighted by atomic mass is 10.2. The van der Waals surface area contributed by atoms with Crippen LogP contribution in [-0.4, -0.2) is 19.7 Å². The zero-order chi connectivity index (χ0) is 15.3. The van der Waals surface area contributed by atoms with E-state index < -0.39 is 9.84 Å². The molecule has 0 aliphatic heterocycles. The lowest BCUT2D eigenvalue weighted by Gasteiger charge is -2.07. The Bertz CT molecular complexity index is 772. The number of nitrogens with two attached hydrogens (primary N) is 1. The molecule has 0 atom stereocenters. The first-order valence-corrected chi connectivity index (χ1v) is 7.88. The summed E-state index contributed by atoms with van der Waals surface area (Å²) in [6.45, 7) is 0. The van der Waals surface area contributed by atoms with E-state index in [9.17, 15) is 8.42 Å². The molecule has 108 valence electrons. The first-order chi connectivity index (χ1) is 10.0. The van der Waals surface area contributed by atoms with E-state index in [2.05, 4.69) is 22.7 Å². The summed E-state index contributed by atoms with van der Waals surface area (Å²) in [5.41, 5.74) is 8.11. The van der Waals surface area contributed by atoms with Crippen LogP contribution in [0.15, 0.2) is 69.5 Å². The Morgan fingerprint density at radius 2 is 1.71 bits per heavy atom. The van der Waals surface area contributed by atoms with Crippen molar-refractivity contribution in [2.75, 3.05) is 0 Å². The van der Waals surface area contributed by atoms with Gasteiger partial charge in [-0.3, -0.25) is 5.43 Å². The summed E-state index contributed by atoms with van der Waals surface area (Å²) in [4.78, 5) is 0.401. The molecule has 0 aromatic heterocycles. The van der Waals surface area contributed by atoms with Crippen molar-refractivity contribution in [2.45, 2.75) is 9.79 Å². The molecule has 0 radical (unpaired) electrons. The SMILES string of the molecule is NC(=S)NN=Cc1ccccc1S(=O)(=O)c1ccccc1. The molecule has 0 aliphatic carbocycles. The molecule has 0 amide bonds. The van der Waals surface area contributed by atoms with Gasteiger partial charge in [0.05, 0.1) is 16.0 Å². The molecule has 3 N–H and O–H groups in total. The zero-order valence-corrected chi connectivity index (χ0v) is 12.6. The van der Waals surface area contributed by atoms with Gasteiger partial charge in [-0.05, 0) is 30.4 Å². The fourth-order valence-corrected chi connectivity index (χ4v) is 3.23. The molecular formula is C14H13N3O2S2. The molecule has 0 saturated heterocycles. The highest BCUT2D eigenvalue weighted by Gasteiger charge is 2.19. The molecule has 2 rings (SSSR count). The Morgan fingerprint density at radius 3 is 2.38 bits per heavy atom. The molecule has 0 aliphatic rings. The minimum Gasteiger partial charge on any atom is -0.375 e. The number of hydrogen-bond donors (Lipinski definition) is 2. The van der Waals surface area contributed by atoms with E-state index >= 15 is 0 Å². The van der Waals surface area contributed by atoms with Gasteiger partial charge in [0.1, 0.15) is 0 Å². The number of thiocarbonyl (C=S) groups is 1. The van der Waals surface area contributed by atoms with E-state index in [0.717, 1.165) is 0 Å². The molecule has 5 nitrogen and oxygen atoms in total. The van der Waals surface area contributed by atoms with Crippen LogP contribution in [0.2, 0.25) is 0 Å². The van der Waals surface area contributed by atoms with Crippen molar-refractivity contribution in [2.24, 2.45) is 10.8 Å².